The number of hydrogen-bond donors (Lipinski definition) is 1. The summed E-state index contributed by atoms with van der Waals surface area (Å²) in [6.07, 6.45) is 4.65. The molecule has 1 saturated carbocycles. The lowest BCUT2D eigenvalue weighted by molar-refractivity contribution is -0.387. The third kappa shape index (κ3) is 5.51. The first-order valence-corrected chi connectivity index (χ1v) is 8.31. The third-order valence-electron chi connectivity index (χ3n) is 4.27. The number of carbonyl (C=O) groups is 2. The molecule has 136 valence electrons. The van der Waals surface area contributed by atoms with E-state index in [2.05, 4.69) is 5.32 Å². The molecule has 1 amide bonds. The second-order valence-electron chi connectivity index (χ2n) is 6.25. The van der Waals surface area contributed by atoms with Crippen LogP contribution in [0, 0.1) is 21.8 Å². The average molecular weight is 352 g/mol. The normalized spacial score (nSPS) is 16.1. The maximum absolute atomic E-state index is 13.3. The van der Waals surface area contributed by atoms with Crippen molar-refractivity contribution in [1.29, 1.82) is 0 Å². The van der Waals surface area contributed by atoms with Crippen molar-refractivity contribution in [3.05, 3.63) is 34.1 Å². The molecular weight excluding hydrogens is 331 g/mol. The van der Waals surface area contributed by atoms with Crippen molar-refractivity contribution >= 4 is 23.3 Å². The van der Waals surface area contributed by atoms with Crippen LogP contribution in [-0.2, 0) is 14.3 Å². The zero-order valence-electron chi connectivity index (χ0n) is 14.0. The lowest BCUT2D eigenvalue weighted by atomic mass is 9.87. The third-order valence-corrected chi connectivity index (χ3v) is 4.27. The van der Waals surface area contributed by atoms with Crippen LogP contribution < -0.4 is 5.32 Å². The topological polar surface area (TPSA) is 98.5 Å². The number of nitrogens with one attached hydrogen (secondary N) is 1. The molecule has 1 aromatic rings. The van der Waals surface area contributed by atoms with Crippen molar-refractivity contribution < 1.29 is 23.6 Å². The van der Waals surface area contributed by atoms with E-state index in [1.807, 2.05) is 0 Å². The minimum Gasteiger partial charge on any atom is -0.453 e. The molecule has 0 aromatic heterocycles. The summed E-state index contributed by atoms with van der Waals surface area (Å²) in [6.45, 7) is 1.42. The molecule has 0 heterocycles. The number of benzene rings is 1. The minimum absolute atomic E-state index is 0.0632. The maximum atomic E-state index is 13.3. The average Bonchev–Trinajstić information content (AvgIpc) is 2.57. The Hall–Kier alpha value is -2.51. The molecule has 1 aromatic carbocycles. The Morgan fingerprint density at radius 3 is 2.68 bits per heavy atom. The molecule has 7 nitrogen and oxygen atoms in total. The smallest absolute Gasteiger partial charge is 0.306 e. The zero-order valence-corrected chi connectivity index (χ0v) is 14.0. The van der Waals surface area contributed by atoms with Crippen LogP contribution in [0.4, 0.5) is 15.8 Å². The van der Waals surface area contributed by atoms with E-state index in [0.717, 1.165) is 37.8 Å². The maximum Gasteiger partial charge on any atom is 0.306 e. The Morgan fingerprint density at radius 2 is 2.04 bits per heavy atom. The second kappa shape index (κ2) is 8.55. The number of anilines is 1. The van der Waals surface area contributed by atoms with Crippen LogP contribution in [0.5, 0.6) is 0 Å². The number of rotatable bonds is 6. The van der Waals surface area contributed by atoms with Crippen molar-refractivity contribution in [2.24, 2.45) is 5.92 Å². The van der Waals surface area contributed by atoms with Gasteiger partial charge in [-0.05, 0) is 37.8 Å². The number of hydrogen-bond acceptors (Lipinski definition) is 5. The van der Waals surface area contributed by atoms with Gasteiger partial charge in [0.15, 0.2) is 6.10 Å². The largest absolute Gasteiger partial charge is 0.453 e. The quantitative estimate of drug-likeness (QED) is 0.479. The molecule has 2 rings (SSSR count). The highest BCUT2D eigenvalue weighted by Crippen LogP contribution is 2.27. The SMILES string of the molecule is CC(OC(=O)CC1CCCCC1)C(=O)Nc1ccc(F)c([N+](=O)[O-])c1. The van der Waals surface area contributed by atoms with Gasteiger partial charge in [0.25, 0.3) is 5.91 Å². The first-order chi connectivity index (χ1) is 11.9. The van der Waals surface area contributed by atoms with E-state index in [1.165, 1.54) is 19.4 Å². The molecule has 8 heteroatoms. The van der Waals surface area contributed by atoms with Crippen LogP contribution in [0.25, 0.3) is 0 Å². The number of esters is 1. The van der Waals surface area contributed by atoms with E-state index in [9.17, 15) is 24.1 Å². The molecular formula is C17H21FN2O5. The van der Waals surface area contributed by atoms with E-state index in [4.69, 9.17) is 4.74 Å². The summed E-state index contributed by atoms with van der Waals surface area (Å²) >= 11 is 0. The van der Waals surface area contributed by atoms with Crippen LogP contribution in [0.1, 0.15) is 45.4 Å². The lowest BCUT2D eigenvalue weighted by Gasteiger charge is -2.21. The number of nitro groups is 1. The molecule has 0 saturated heterocycles. The first kappa shape index (κ1) is 18.8. The van der Waals surface area contributed by atoms with Gasteiger partial charge in [-0.2, -0.15) is 4.39 Å². The van der Waals surface area contributed by atoms with Crippen LogP contribution >= 0.6 is 0 Å². The van der Waals surface area contributed by atoms with Crippen LogP contribution in [0.2, 0.25) is 0 Å². The Morgan fingerprint density at radius 1 is 1.36 bits per heavy atom. The molecule has 0 bridgehead atoms. The van der Waals surface area contributed by atoms with E-state index >= 15 is 0 Å². The number of nitrogens with zero attached hydrogens (tertiary/aromatic N) is 1. The molecule has 1 N–H and O–H groups in total. The molecule has 1 atom stereocenters. The van der Waals surface area contributed by atoms with Gasteiger partial charge in [0.1, 0.15) is 0 Å². The second-order valence-corrected chi connectivity index (χ2v) is 6.25. The molecule has 1 aliphatic carbocycles. The van der Waals surface area contributed by atoms with Gasteiger partial charge in [-0.3, -0.25) is 19.7 Å². The van der Waals surface area contributed by atoms with Gasteiger partial charge in [-0.15, -0.1) is 0 Å². The monoisotopic (exact) mass is 352 g/mol. The molecule has 0 aliphatic heterocycles. The summed E-state index contributed by atoms with van der Waals surface area (Å²) in [5.74, 6) is -1.75. The molecule has 0 spiro atoms. The first-order valence-electron chi connectivity index (χ1n) is 8.31. The van der Waals surface area contributed by atoms with Crippen molar-refractivity contribution in [3.63, 3.8) is 0 Å². The number of ether oxygens (including phenoxy) is 1. The van der Waals surface area contributed by atoms with Gasteiger partial charge in [0.05, 0.1) is 4.92 Å². The summed E-state index contributed by atoms with van der Waals surface area (Å²) in [4.78, 5) is 33.8. The van der Waals surface area contributed by atoms with Gasteiger partial charge in [0.2, 0.25) is 5.82 Å². The van der Waals surface area contributed by atoms with Crippen LogP contribution in [0.3, 0.4) is 0 Å². The fraction of sp³-hybridized carbons (Fsp3) is 0.529. The van der Waals surface area contributed by atoms with Gasteiger partial charge in [-0.25, -0.2) is 0 Å². The highest BCUT2D eigenvalue weighted by Gasteiger charge is 2.23. The highest BCUT2D eigenvalue weighted by molar-refractivity contribution is 5.95. The fourth-order valence-corrected chi connectivity index (χ4v) is 2.90. The van der Waals surface area contributed by atoms with E-state index in [0.29, 0.717) is 12.3 Å². The molecule has 1 aliphatic rings. The Bertz CT molecular complexity index is 658. The summed E-state index contributed by atoms with van der Waals surface area (Å²) < 4.78 is 18.4. The molecule has 0 radical (unpaired) electrons. The standard InChI is InChI=1S/C17H21FN2O5/c1-11(25-16(21)9-12-5-3-2-4-6-12)17(22)19-13-7-8-14(18)15(10-13)20(23)24/h7-8,10-12H,2-6,9H2,1H3,(H,19,22). The van der Waals surface area contributed by atoms with Crippen molar-refractivity contribution in [2.75, 3.05) is 5.32 Å². The summed E-state index contributed by atoms with van der Waals surface area (Å²) in [7, 11) is 0. The van der Waals surface area contributed by atoms with Crippen LogP contribution in [-0.4, -0.2) is 22.9 Å². The van der Waals surface area contributed by atoms with Gasteiger partial charge in [0, 0.05) is 18.2 Å². The number of nitro benzene ring substituents is 1. The van der Waals surface area contributed by atoms with Crippen molar-refractivity contribution in [1.82, 2.24) is 0 Å². The van der Waals surface area contributed by atoms with Gasteiger partial charge in [-0.1, -0.05) is 19.3 Å². The van der Waals surface area contributed by atoms with E-state index in [1.54, 1.807) is 0 Å². The van der Waals surface area contributed by atoms with E-state index < -0.39 is 34.4 Å². The number of halogens is 1. The number of amides is 1. The fourth-order valence-electron chi connectivity index (χ4n) is 2.90. The summed E-state index contributed by atoms with van der Waals surface area (Å²) in [5.41, 5.74) is -0.673. The van der Waals surface area contributed by atoms with Crippen molar-refractivity contribution in [2.45, 2.75) is 51.6 Å². The number of carbonyl (C=O) groups excluding carboxylic acids is 2. The minimum atomic E-state index is -1.04. The van der Waals surface area contributed by atoms with Gasteiger partial charge < -0.3 is 10.1 Å². The Balaban J connectivity index is 1.88. The van der Waals surface area contributed by atoms with Crippen LogP contribution in [0.15, 0.2) is 18.2 Å². The van der Waals surface area contributed by atoms with Gasteiger partial charge >= 0.3 is 11.7 Å². The Kier molecular flexibility index (Phi) is 6.44. The van der Waals surface area contributed by atoms with E-state index in [-0.39, 0.29) is 5.69 Å². The molecule has 1 unspecified atom stereocenters. The van der Waals surface area contributed by atoms with Crippen molar-refractivity contribution in [3.8, 4) is 0 Å². The summed E-state index contributed by atoms with van der Waals surface area (Å²) in [5, 5.41) is 13.1. The predicted molar refractivity (Wildman–Crippen MR) is 88.4 cm³/mol. The lowest BCUT2D eigenvalue weighted by Crippen LogP contribution is -2.30. The molecule has 25 heavy (non-hydrogen) atoms. The molecule has 1 fully saturated rings. The highest BCUT2D eigenvalue weighted by atomic mass is 19.1. The summed E-state index contributed by atoms with van der Waals surface area (Å²) in [6, 6.07) is 3.02. The Labute approximate surface area is 144 Å². The zero-order chi connectivity index (χ0) is 18.4. The predicted octanol–water partition coefficient (Wildman–Crippen LogP) is 3.57.